The summed E-state index contributed by atoms with van der Waals surface area (Å²) in [5, 5.41) is 5.84. The first-order valence-electron chi connectivity index (χ1n) is 6.08. The van der Waals surface area contributed by atoms with Crippen LogP contribution in [0.25, 0.3) is 5.69 Å². The van der Waals surface area contributed by atoms with E-state index in [0.29, 0.717) is 0 Å². The Labute approximate surface area is 121 Å². The molecule has 1 N–H and O–H groups in total. The lowest BCUT2D eigenvalue weighted by atomic mass is 10.3. The number of amides is 1. The molecule has 2 aromatic rings. The third kappa shape index (κ3) is 4.03. The van der Waals surface area contributed by atoms with Crippen molar-refractivity contribution in [2.24, 2.45) is 0 Å². The van der Waals surface area contributed by atoms with E-state index >= 15 is 0 Å². The summed E-state index contributed by atoms with van der Waals surface area (Å²) < 4.78 is 64.0. The molecule has 0 fully saturated rings. The lowest BCUT2D eigenvalue weighted by molar-refractivity contribution is -0.153. The fourth-order valence-corrected chi connectivity index (χ4v) is 1.72. The number of carbonyl (C=O) groups excluding carboxylic acids is 1. The maximum Gasteiger partial charge on any atom is 0.397 e. The number of nitrogens with zero attached hydrogens (tertiary/aromatic N) is 2. The summed E-state index contributed by atoms with van der Waals surface area (Å²) >= 11 is 0. The number of nitrogens with one attached hydrogen (secondary N) is 1. The number of rotatable bonds is 4. The number of benzene rings is 1. The minimum Gasteiger partial charge on any atom is -0.350 e. The van der Waals surface area contributed by atoms with Gasteiger partial charge in [-0.15, -0.1) is 0 Å². The van der Waals surface area contributed by atoms with Gasteiger partial charge >= 0.3 is 6.18 Å². The second kappa shape index (κ2) is 6.12. The van der Waals surface area contributed by atoms with Gasteiger partial charge in [0.15, 0.2) is 11.6 Å². The topological polar surface area (TPSA) is 46.9 Å². The van der Waals surface area contributed by atoms with Gasteiger partial charge in [0.25, 0.3) is 0 Å². The number of carbonyl (C=O) groups is 1. The fraction of sp³-hybridized carbons (Fsp3) is 0.231. The maximum atomic E-state index is 13.5. The summed E-state index contributed by atoms with van der Waals surface area (Å²) in [7, 11) is 0. The van der Waals surface area contributed by atoms with E-state index in [0.717, 1.165) is 16.8 Å². The summed E-state index contributed by atoms with van der Waals surface area (Å²) in [6.07, 6.45) is -4.96. The largest absolute Gasteiger partial charge is 0.397 e. The number of hydrogen-bond acceptors (Lipinski definition) is 2. The first kappa shape index (κ1) is 15.9. The van der Waals surface area contributed by atoms with E-state index < -0.39 is 35.8 Å². The average molecular weight is 319 g/mol. The van der Waals surface area contributed by atoms with Crippen LogP contribution in [0.1, 0.15) is 12.1 Å². The number of hydrogen-bond donors (Lipinski definition) is 1. The number of alkyl halides is 3. The molecule has 0 saturated carbocycles. The van der Waals surface area contributed by atoms with Crippen molar-refractivity contribution in [1.29, 1.82) is 0 Å². The Hall–Kier alpha value is -2.45. The van der Waals surface area contributed by atoms with Crippen molar-refractivity contribution in [2.75, 3.05) is 0 Å². The van der Waals surface area contributed by atoms with E-state index in [-0.39, 0.29) is 12.2 Å². The van der Waals surface area contributed by atoms with Crippen LogP contribution < -0.4 is 5.32 Å². The molecule has 1 aromatic heterocycles. The summed E-state index contributed by atoms with van der Waals surface area (Å²) in [6.45, 7) is -0.280. The highest BCUT2D eigenvalue weighted by atomic mass is 19.4. The predicted octanol–water partition coefficient (Wildman–Crippen LogP) is 2.72. The van der Waals surface area contributed by atoms with Crippen LogP contribution in [0.3, 0.4) is 0 Å². The monoisotopic (exact) mass is 319 g/mol. The zero-order valence-electron chi connectivity index (χ0n) is 11.0. The Balaban J connectivity index is 2.05. The Morgan fingerprint density at radius 3 is 2.41 bits per heavy atom. The number of aromatic nitrogens is 2. The molecule has 1 amide bonds. The second-order valence-corrected chi connectivity index (χ2v) is 4.39. The third-order valence-electron chi connectivity index (χ3n) is 2.64. The lowest BCUT2D eigenvalue weighted by Crippen LogP contribution is -2.28. The molecule has 22 heavy (non-hydrogen) atoms. The number of halogens is 5. The molecule has 0 unspecified atom stereocenters. The quantitative estimate of drug-likeness (QED) is 0.881. The van der Waals surface area contributed by atoms with Crippen LogP contribution in [0.2, 0.25) is 0 Å². The first-order valence-corrected chi connectivity index (χ1v) is 6.08. The Bertz CT molecular complexity index is 660. The van der Waals surface area contributed by atoms with Gasteiger partial charge in [-0.05, 0) is 18.2 Å². The molecular weight excluding hydrogens is 309 g/mol. The van der Waals surface area contributed by atoms with E-state index in [1.807, 2.05) is 5.32 Å². The molecule has 0 aliphatic rings. The van der Waals surface area contributed by atoms with Crippen molar-refractivity contribution in [3.8, 4) is 5.69 Å². The van der Waals surface area contributed by atoms with E-state index in [4.69, 9.17) is 0 Å². The molecule has 0 atom stereocenters. The van der Waals surface area contributed by atoms with Gasteiger partial charge in [-0.3, -0.25) is 4.79 Å². The van der Waals surface area contributed by atoms with E-state index in [9.17, 15) is 26.7 Å². The summed E-state index contributed by atoms with van der Waals surface area (Å²) in [5.41, 5.74) is -0.242. The molecule has 9 heteroatoms. The van der Waals surface area contributed by atoms with Crippen LogP contribution in [-0.4, -0.2) is 21.9 Å². The maximum absolute atomic E-state index is 13.5. The summed E-state index contributed by atoms with van der Waals surface area (Å²) in [4.78, 5) is 11.0. The van der Waals surface area contributed by atoms with Crippen LogP contribution in [0.5, 0.6) is 0 Å². The van der Waals surface area contributed by atoms with Crippen molar-refractivity contribution in [2.45, 2.75) is 19.1 Å². The van der Waals surface area contributed by atoms with Gasteiger partial charge in [0.05, 0.1) is 12.2 Å². The van der Waals surface area contributed by atoms with Gasteiger partial charge in [-0.1, -0.05) is 6.07 Å². The highest BCUT2D eigenvalue weighted by Gasteiger charge is 2.31. The Kier molecular flexibility index (Phi) is 4.43. The highest BCUT2D eigenvalue weighted by Crippen LogP contribution is 2.19. The van der Waals surface area contributed by atoms with Crippen molar-refractivity contribution < 1.29 is 26.7 Å². The average Bonchev–Trinajstić information content (AvgIpc) is 2.83. The highest BCUT2D eigenvalue weighted by molar-refractivity contribution is 5.76. The lowest BCUT2D eigenvalue weighted by Gasteiger charge is -2.06. The molecule has 0 aliphatic heterocycles. The number of para-hydroxylation sites is 1. The molecule has 0 bridgehead atoms. The third-order valence-corrected chi connectivity index (χ3v) is 2.64. The van der Waals surface area contributed by atoms with Gasteiger partial charge in [0.1, 0.15) is 12.1 Å². The summed E-state index contributed by atoms with van der Waals surface area (Å²) in [6, 6.07) is 4.62. The molecule has 1 heterocycles. The second-order valence-electron chi connectivity index (χ2n) is 4.39. The van der Waals surface area contributed by atoms with Crippen LogP contribution in [0, 0.1) is 11.6 Å². The summed E-state index contributed by atoms with van der Waals surface area (Å²) in [5.74, 6) is -2.88. The Morgan fingerprint density at radius 1 is 1.18 bits per heavy atom. The van der Waals surface area contributed by atoms with Crippen molar-refractivity contribution >= 4 is 5.91 Å². The zero-order chi connectivity index (χ0) is 16.3. The minimum atomic E-state index is -4.60. The SMILES string of the molecule is O=C(CC(F)(F)F)NCc1ccn(-c2c(F)cccc2F)n1. The normalized spacial score (nSPS) is 11.5. The minimum absolute atomic E-state index is 0.165. The molecule has 4 nitrogen and oxygen atoms in total. The molecule has 0 radical (unpaired) electrons. The van der Waals surface area contributed by atoms with Crippen molar-refractivity contribution in [1.82, 2.24) is 15.1 Å². The van der Waals surface area contributed by atoms with Crippen LogP contribution in [0.15, 0.2) is 30.5 Å². The van der Waals surface area contributed by atoms with Crippen LogP contribution in [0.4, 0.5) is 22.0 Å². The molecule has 118 valence electrons. The molecular formula is C13H10F5N3O. The molecule has 2 rings (SSSR count). The van der Waals surface area contributed by atoms with E-state index in [2.05, 4.69) is 5.10 Å². The van der Waals surface area contributed by atoms with Gasteiger partial charge in [-0.25, -0.2) is 13.5 Å². The first-order chi connectivity index (χ1) is 10.3. The fourth-order valence-electron chi connectivity index (χ4n) is 1.72. The van der Waals surface area contributed by atoms with E-state index in [1.54, 1.807) is 0 Å². The van der Waals surface area contributed by atoms with Crippen LogP contribution in [-0.2, 0) is 11.3 Å². The van der Waals surface area contributed by atoms with Crippen LogP contribution >= 0.6 is 0 Å². The molecule has 1 aromatic carbocycles. The predicted molar refractivity (Wildman–Crippen MR) is 66.0 cm³/mol. The standard InChI is InChI=1S/C13H10F5N3O/c14-9-2-1-3-10(15)12(9)21-5-4-8(20-21)7-19-11(22)6-13(16,17)18/h1-5H,6-7H2,(H,19,22). The van der Waals surface area contributed by atoms with Gasteiger partial charge in [0, 0.05) is 6.20 Å². The Morgan fingerprint density at radius 2 is 1.82 bits per heavy atom. The smallest absolute Gasteiger partial charge is 0.350 e. The zero-order valence-corrected chi connectivity index (χ0v) is 11.0. The van der Waals surface area contributed by atoms with Gasteiger partial charge in [0.2, 0.25) is 5.91 Å². The van der Waals surface area contributed by atoms with E-state index in [1.165, 1.54) is 18.3 Å². The van der Waals surface area contributed by atoms with Gasteiger partial charge < -0.3 is 5.32 Å². The molecule has 0 spiro atoms. The van der Waals surface area contributed by atoms with Crippen molar-refractivity contribution in [3.05, 3.63) is 47.8 Å². The molecule has 0 aliphatic carbocycles. The van der Waals surface area contributed by atoms with Gasteiger partial charge in [-0.2, -0.15) is 18.3 Å². The van der Waals surface area contributed by atoms with Crippen molar-refractivity contribution in [3.63, 3.8) is 0 Å². The molecule has 0 saturated heterocycles.